The van der Waals surface area contributed by atoms with Crippen LogP contribution in [0.3, 0.4) is 0 Å². The largest absolute Gasteiger partial charge is 0.340 e. The second-order valence-corrected chi connectivity index (χ2v) is 9.13. The molecule has 1 unspecified atom stereocenters. The molecule has 2 aromatic rings. The van der Waals surface area contributed by atoms with Crippen molar-refractivity contribution in [2.45, 2.75) is 45.2 Å². The Labute approximate surface area is 166 Å². The maximum absolute atomic E-state index is 12.6. The molecule has 146 valence electrons. The molecule has 0 aliphatic carbocycles. The molecule has 3 rings (SSSR count). The van der Waals surface area contributed by atoms with Gasteiger partial charge in [0.25, 0.3) is 0 Å². The van der Waals surface area contributed by atoms with E-state index >= 15 is 0 Å². The zero-order valence-electron chi connectivity index (χ0n) is 16.5. The number of carbonyl (C=O) groups excluding carboxylic acids is 1. The molecule has 1 aliphatic heterocycles. The number of hydrogen-bond acceptors (Lipinski definition) is 5. The van der Waals surface area contributed by atoms with Gasteiger partial charge in [0.15, 0.2) is 0 Å². The molecule has 2 N–H and O–H groups in total. The average Bonchev–Trinajstić information content (AvgIpc) is 3.12. The van der Waals surface area contributed by atoms with Gasteiger partial charge in [-0.2, -0.15) is 0 Å². The smallest absolute Gasteiger partial charge is 0.224 e. The minimum atomic E-state index is -0.234. The molecule has 0 saturated carbocycles. The Morgan fingerprint density at radius 1 is 1.19 bits per heavy atom. The predicted octanol–water partition coefficient (Wildman–Crippen LogP) is 3.17. The Morgan fingerprint density at radius 2 is 1.85 bits per heavy atom. The van der Waals surface area contributed by atoms with Gasteiger partial charge in [-0.15, -0.1) is 11.3 Å². The highest BCUT2D eigenvalue weighted by Gasteiger charge is 2.24. The quantitative estimate of drug-likeness (QED) is 0.857. The number of piperazine rings is 1. The molecular formula is C21H30N4OS. The van der Waals surface area contributed by atoms with Crippen LogP contribution in [-0.2, 0) is 16.8 Å². The molecule has 1 aliphatic rings. The first-order chi connectivity index (χ1) is 12.8. The normalized spacial score (nSPS) is 17.1. The summed E-state index contributed by atoms with van der Waals surface area (Å²) in [7, 11) is 0. The third-order valence-electron chi connectivity index (χ3n) is 4.93. The average molecular weight is 387 g/mol. The summed E-state index contributed by atoms with van der Waals surface area (Å²) in [6.07, 6.45) is 0.366. The summed E-state index contributed by atoms with van der Waals surface area (Å²) < 4.78 is 0. The van der Waals surface area contributed by atoms with Gasteiger partial charge in [-0.05, 0) is 5.56 Å². The summed E-state index contributed by atoms with van der Waals surface area (Å²) in [6, 6.07) is 9.61. The minimum Gasteiger partial charge on any atom is -0.340 e. The number of aromatic nitrogens is 1. The van der Waals surface area contributed by atoms with Crippen molar-refractivity contribution in [1.82, 2.24) is 14.8 Å². The van der Waals surface area contributed by atoms with Crippen LogP contribution in [0.15, 0.2) is 35.7 Å². The fourth-order valence-corrected chi connectivity index (χ4v) is 4.14. The summed E-state index contributed by atoms with van der Waals surface area (Å²) >= 11 is 1.74. The van der Waals surface area contributed by atoms with Gasteiger partial charge in [0.2, 0.25) is 5.91 Å². The van der Waals surface area contributed by atoms with Crippen molar-refractivity contribution in [2.24, 2.45) is 5.73 Å². The van der Waals surface area contributed by atoms with Crippen molar-refractivity contribution < 1.29 is 4.79 Å². The number of carbonyl (C=O) groups is 1. The SMILES string of the molecule is CC(C)(C)c1nc(CN2CCN(C(=O)CC(N)c3ccccc3)CC2)cs1. The molecule has 1 aromatic carbocycles. The van der Waals surface area contributed by atoms with E-state index in [4.69, 9.17) is 10.7 Å². The highest BCUT2D eigenvalue weighted by atomic mass is 32.1. The predicted molar refractivity (Wildman–Crippen MR) is 111 cm³/mol. The van der Waals surface area contributed by atoms with Crippen molar-refractivity contribution in [2.75, 3.05) is 26.2 Å². The van der Waals surface area contributed by atoms with Crippen LogP contribution in [0.5, 0.6) is 0 Å². The van der Waals surface area contributed by atoms with Crippen LogP contribution in [0.1, 0.15) is 49.5 Å². The van der Waals surface area contributed by atoms with Gasteiger partial charge in [-0.1, -0.05) is 51.1 Å². The number of amides is 1. The Balaban J connectivity index is 1.47. The Bertz CT molecular complexity index is 745. The summed E-state index contributed by atoms with van der Waals surface area (Å²) in [4.78, 5) is 21.7. The van der Waals surface area contributed by atoms with Crippen LogP contribution >= 0.6 is 11.3 Å². The van der Waals surface area contributed by atoms with E-state index in [1.807, 2.05) is 35.2 Å². The van der Waals surface area contributed by atoms with Crippen molar-refractivity contribution in [3.63, 3.8) is 0 Å². The Kier molecular flexibility index (Phi) is 6.29. The van der Waals surface area contributed by atoms with E-state index < -0.39 is 0 Å². The van der Waals surface area contributed by atoms with Crippen LogP contribution < -0.4 is 5.73 Å². The molecule has 5 nitrogen and oxygen atoms in total. The first-order valence-corrected chi connectivity index (χ1v) is 10.5. The lowest BCUT2D eigenvalue weighted by Crippen LogP contribution is -2.48. The number of thiazole rings is 1. The molecule has 1 amide bonds. The molecule has 0 radical (unpaired) electrons. The van der Waals surface area contributed by atoms with Gasteiger partial charge in [0.1, 0.15) is 0 Å². The molecule has 1 saturated heterocycles. The van der Waals surface area contributed by atoms with Crippen LogP contribution in [0, 0.1) is 0 Å². The third kappa shape index (κ3) is 5.37. The van der Waals surface area contributed by atoms with E-state index in [0.29, 0.717) is 6.42 Å². The topological polar surface area (TPSA) is 62.5 Å². The molecule has 27 heavy (non-hydrogen) atoms. The maximum atomic E-state index is 12.6. The van der Waals surface area contributed by atoms with Crippen molar-refractivity contribution in [3.05, 3.63) is 52.0 Å². The van der Waals surface area contributed by atoms with Gasteiger partial charge in [-0.25, -0.2) is 4.98 Å². The number of nitrogens with two attached hydrogens (primary N) is 1. The Hall–Kier alpha value is -1.76. The summed E-state index contributed by atoms with van der Waals surface area (Å²) in [5, 5.41) is 3.35. The van der Waals surface area contributed by atoms with E-state index in [2.05, 4.69) is 31.1 Å². The van der Waals surface area contributed by atoms with Crippen molar-refractivity contribution in [3.8, 4) is 0 Å². The molecule has 0 bridgehead atoms. The van der Waals surface area contributed by atoms with Gasteiger partial charge in [-0.3, -0.25) is 9.69 Å². The standard InChI is InChI=1S/C21H30N4OS/c1-21(2,3)20-23-17(15-27-20)14-24-9-11-25(12-10-24)19(26)13-18(22)16-7-5-4-6-8-16/h4-8,15,18H,9-14,22H2,1-3H3. The van der Waals surface area contributed by atoms with Crippen LogP contribution in [-0.4, -0.2) is 46.9 Å². The number of nitrogens with zero attached hydrogens (tertiary/aromatic N) is 3. The fourth-order valence-electron chi connectivity index (χ4n) is 3.24. The van der Waals surface area contributed by atoms with E-state index in [0.717, 1.165) is 44.0 Å². The minimum absolute atomic E-state index is 0.103. The van der Waals surface area contributed by atoms with E-state index in [1.54, 1.807) is 11.3 Å². The van der Waals surface area contributed by atoms with Gasteiger partial charge >= 0.3 is 0 Å². The lowest BCUT2D eigenvalue weighted by Gasteiger charge is -2.35. The molecule has 0 spiro atoms. The molecule has 1 aromatic heterocycles. The second kappa shape index (κ2) is 8.50. The number of rotatable bonds is 5. The second-order valence-electron chi connectivity index (χ2n) is 8.27. The number of benzene rings is 1. The molecule has 2 heterocycles. The molecule has 1 atom stereocenters. The van der Waals surface area contributed by atoms with E-state index in [9.17, 15) is 4.79 Å². The zero-order chi connectivity index (χ0) is 19.4. The highest BCUT2D eigenvalue weighted by Crippen LogP contribution is 2.26. The van der Waals surface area contributed by atoms with Gasteiger partial charge < -0.3 is 10.6 Å². The first-order valence-electron chi connectivity index (χ1n) is 9.58. The van der Waals surface area contributed by atoms with Crippen molar-refractivity contribution >= 4 is 17.2 Å². The van der Waals surface area contributed by atoms with E-state index in [1.165, 1.54) is 5.01 Å². The monoisotopic (exact) mass is 386 g/mol. The molecule has 1 fully saturated rings. The third-order valence-corrected chi connectivity index (χ3v) is 6.24. The van der Waals surface area contributed by atoms with Crippen LogP contribution in [0.4, 0.5) is 0 Å². The summed E-state index contributed by atoms with van der Waals surface area (Å²) in [5.74, 6) is 0.148. The number of hydrogen-bond donors (Lipinski definition) is 1. The van der Waals surface area contributed by atoms with Gasteiger partial charge in [0.05, 0.1) is 10.7 Å². The lowest BCUT2D eigenvalue weighted by molar-refractivity contribution is -0.133. The maximum Gasteiger partial charge on any atom is 0.224 e. The zero-order valence-corrected chi connectivity index (χ0v) is 17.3. The van der Waals surface area contributed by atoms with E-state index in [-0.39, 0.29) is 17.4 Å². The summed E-state index contributed by atoms with van der Waals surface area (Å²) in [6.45, 7) is 10.7. The van der Waals surface area contributed by atoms with Gasteiger partial charge in [0, 0.05) is 56.0 Å². The fraction of sp³-hybridized carbons (Fsp3) is 0.524. The van der Waals surface area contributed by atoms with Crippen LogP contribution in [0.25, 0.3) is 0 Å². The first kappa shape index (κ1) is 20.0. The molecular weight excluding hydrogens is 356 g/mol. The van der Waals surface area contributed by atoms with Crippen molar-refractivity contribution in [1.29, 1.82) is 0 Å². The molecule has 6 heteroatoms. The Morgan fingerprint density at radius 3 is 2.44 bits per heavy atom. The summed E-state index contributed by atoms with van der Waals surface area (Å²) in [5.41, 5.74) is 8.46. The highest BCUT2D eigenvalue weighted by molar-refractivity contribution is 7.09. The van der Waals surface area contributed by atoms with Crippen LogP contribution in [0.2, 0.25) is 0 Å². The lowest BCUT2D eigenvalue weighted by atomic mass is 9.98.